The third-order valence-corrected chi connectivity index (χ3v) is 13.0. The Labute approximate surface area is 360 Å². The van der Waals surface area contributed by atoms with E-state index in [2.05, 4.69) is 183 Å². The van der Waals surface area contributed by atoms with Crippen LogP contribution in [0, 0.1) is 0 Å². The fraction of sp³-hybridized carbons (Fsp3) is 0. The molecule has 0 saturated carbocycles. The molecule has 5 aromatic heterocycles. The summed E-state index contributed by atoms with van der Waals surface area (Å²) < 4.78 is 7.44. The highest BCUT2D eigenvalue weighted by Crippen LogP contribution is 2.44. The summed E-state index contributed by atoms with van der Waals surface area (Å²) >= 11 is 0. The Morgan fingerprint density at radius 3 is 1.19 bits per heavy atom. The summed E-state index contributed by atoms with van der Waals surface area (Å²) in [5.74, 6) is 1.87. The van der Waals surface area contributed by atoms with Crippen LogP contribution in [0.4, 0.5) is 0 Å². The first-order valence-corrected chi connectivity index (χ1v) is 21.4. The molecule has 0 aliphatic rings. The lowest BCUT2D eigenvalue weighted by Crippen LogP contribution is -2.02. The van der Waals surface area contributed by atoms with Crippen molar-refractivity contribution in [1.29, 1.82) is 0 Å². The molecule has 0 saturated heterocycles. The van der Waals surface area contributed by atoms with Crippen LogP contribution in [0.2, 0.25) is 0 Å². The molecule has 0 radical (unpaired) electrons. The van der Waals surface area contributed by atoms with Crippen LogP contribution >= 0.6 is 0 Å². The molecule has 9 aromatic carbocycles. The Morgan fingerprint density at radius 2 is 0.667 bits per heavy atom. The summed E-state index contributed by atoms with van der Waals surface area (Å²) in [6, 6.07) is 73.9. The molecule has 0 N–H and O–H groups in total. The molecule has 0 aliphatic carbocycles. The number of fused-ring (bicyclic) bond motifs is 8. The van der Waals surface area contributed by atoms with Gasteiger partial charge in [0, 0.05) is 54.7 Å². The molecule has 0 unspecified atom stereocenters. The van der Waals surface area contributed by atoms with Crippen LogP contribution in [-0.4, -0.2) is 28.3 Å². The number of hydrogen-bond acceptors (Lipinski definition) is 3. The number of rotatable bonds is 5. The number of benzene rings is 9. The maximum Gasteiger partial charge on any atom is 0.164 e. The summed E-state index contributed by atoms with van der Waals surface area (Å²) in [5, 5.41) is 7.39. The summed E-state index contributed by atoms with van der Waals surface area (Å²) in [6.07, 6.45) is 0. The van der Waals surface area contributed by atoms with Crippen molar-refractivity contribution in [2.75, 3.05) is 0 Å². The Balaban J connectivity index is 1.15. The van der Waals surface area contributed by atoms with Gasteiger partial charge >= 0.3 is 0 Å². The van der Waals surface area contributed by atoms with Gasteiger partial charge in [0.2, 0.25) is 0 Å². The fourth-order valence-corrected chi connectivity index (χ4v) is 10.3. The maximum atomic E-state index is 5.22. The first-order valence-electron chi connectivity index (χ1n) is 21.4. The smallest absolute Gasteiger partial charge is 0.164 e. The zero-order valence-electron chi connectivity index (χ0n) is 33.8. The first-order chi connectivity index (χ1) is 31.2. The van der Waals surface area contributed by atoms with E-state index in [9.17, 15) is 0 Å². The second-order valence-corrected chi connectivity index (χ2v) is 16.4. The van der Waals surface area contributed by atoms with Crippen molar-refractivity contribution < 1.29 is 0 Å². The van der Waals surface area contributed by atoms with E-state index in [1.807, 2.05) is 36.4 Å². The van der Waals surface area contributed by atoms with E-state index in [1.165, 1.54) is 54.4 Å². The van der Waals surface area contributed by atoms with Gasteiger partial charge in [0.15, 0.2) is 17.5 Å². The Kier molecular flexibility index (Phi) is 7.02. The van der Waals surface area contributed by atoms with Gasteiger partial charge in [-0.25, -0.2) is 15.0 Å². The standard InChI is InChI=1S/C57H34N6/c1-4-16-35(17-5-1)38-30-39(57-59-55(36-18-6-2-7-19-36)58-56(60-57)37-20-8-3-9-21-37)32-40(31-38)61-47-26-14-28-49-53(47)54-48(61)27-15-29-50(54)63-46-25-13-11-23-42(46)44-33-43-41-22-10-12-24-45(41)62(49)51(43)34-52(44)63/h1-34H. The van der Waals surface area contributed by atoms with Crippen molar-refractivity contribution >= 4 is 76.5 Å². The number of aromatic nitrogens is 6. The van der Waals surface area contributed by atoms with E-state index in [4.69, 9.17) is 15.0 Å². The zero-order valence-corrected chi connectivity index (χ0v) is 33.8. The van der Waals surface area contributed by atoms with Crippen molar-refractivity contribution in [3.8, 4) is 51.0 Å². The molecule has 0 atom stereocenters. The van der Waals surface area contributed by atoms with E-state index in [0.29, 0.717) is 17.5 Å². The minimum atomic E-state index is 0.610. The minimum absolute atomic E-state index is 0.610. The van der Waals surface area contributed by atoms with E-state index < -0.39 is 0 Å². The molecule has 2 bridgehead atoms. The van der Waals surface area contributed by atoms with Gasteiger partial charge in [-0.1, -0.05) is 140 Å². The summed E-state index contributed by atoms with van der Waals surface area (Å²) in [7, 11) is 0. The molecule has 5 heterocycles. The first kappa shape index (κ1) is 34.1. The van der Waals surface area contributed by atoms with E-state index in [-0.39, 0.29) is 0 Å². The monoisotopic (exact) mass is 802 g/mol. The van der Waals surface area contributed by atoms with Crippen LogP contribution in [0.25, 0.3) is 127 Å². The van der Waals surface area contributed by atoms with Crippen molar-refractivity contribution in [3.63, 3.8) is 0 Å². The molecule has 0 spiro atoms. The lowest BCUT2D eigenvalue weighted by molar-refractivity contribution is 1.07. The zero-order chi connectivity index (χ0) is 41.2. The summed E-state index contributed by atoms with van der Waals surface area (Å²) in [4.78, 5) is 15.5. The van der Waals surface area contributed by atoms with Crippen LogP contribution in [-0.2, 0) is 0 Å². The highest BCUT2D eigenvalue weighted by molar-refractivity contribution is 6.26. The van der Waals surface area contributed by atoms with Gasteiger partial charge in [-0.3, -0.25) is 0 Å². The maximum absolute atomic E-state index is 5.22. The minimum Gasteiger partial charge on any atom is -0.309 e. The molecule has 0 amide bonds. The summed E-state index contributed by atoms with van der Waals surface area (Å²) in [6.45, 7) is 0. The van der Waals surface area contributed by atoms with Gasteiger partial charge in [0.1, 0.15) is 0 Å². The summed E-state index contributed by atoms with van der Waals surface area (Å²) in [5.41, 5.74) is 15.3. The quantitative estimate of drug-likeness (QED) is 0.174. The van der Waals surface area contributed by atoms with E-state index >= 15 is 0 Å². The Hall–Kier alpha value is -8.61. The van der Waals surface area contributed by atoms with Crippen LogP contribution in [0.5, 0.6) is 0 Å². The van der Waals surface area contributed by atoms with Crippen LogP contribution in [0.3, 0.4) is 0 Å². The molecule has 14 rings (SSSR count). The molecule has 6 heteroatoms. The second-order valence-electron chi connectivity index (χ2n) is 16.4. The van der Waals surface area contributed by atoms with Crippen LogP contribution < -0.4 is 0 Å². The largest absolute Gasteiger partial charge is 0.309 e. The van der Waals surface area contributed by atoms with Gasteiger partial charge in [-0.2, -0.15) is 0 Å². The number of hydrogen-bond donors (Lipinski definition) is 0. The topological polar surface area (TPSA) is 52.4 Å². The fourth-order valence-electron chi connectivity index (χ4n) is 10.3. The van der Waals surface area contributed by atoms with Gasteiger partial charge in [-0.15, -0.1) is 0 Å². The predicted octanol–water partition coefficient (Wildman–Crippen LogP) is 14.2. The second kappa shape index (κ2) is 12.9. The highest BCUT2D eigenvalue weighted by Gasteiger charge is 2.23. The lowest BCUT2D eigenvalue weighted by atomic mass is 10.0. The van der Waals surface area contributed by atoms with Crippen molar-refractivity contribution in [3.05, 3.63) is 206 Å². The Morgan fingerprint density at radius 1 is 0.254 bits per heavy atom. The van der Waals surface area contributed by atoms with Crippen LogP contribution in [0.15, 0.2) is 206 Å². The van der Waals surface area contributed by atoms with Crippen molar-refractivity contribution in [1.82, 2.24) is 28.3 Å². The highest BCUT2D eigenvalue weighted by atomic mass is 15.0. The molecule has 292 valence electrons. The molecule has 63 heavy (non-hydrogen) atoms. The molecule has 6 nitrogen and oxygen atoms in total. The lowest BCUT2D eigenvalue weighted by Gasteiger charge is -2.14. The molecular formula is C57H34N6. The van der Waals surface area contributed by atoms with Crippen molar-refractivity contribution in [2.24, 2.45) is 0 Å². The van der Waals surface area contributed by atoms with Gasteiger partial charge in [-0.05, 0) is 77.9 Å². The number of nitrogens with zero attached hydrogens (tertiary/aromatic N) is 6. The molecular weight excluding hydrogens is 769 g/mol. The third-order valence-electron chi connectivity index (χ3n) is 13.0. The van der Waals surface area contributed by atoms with E-state index in [1.54, 1.807) is 0 Å². The van der Waals surface area contributed by atoms with Gasteiger partial charge in [0.25, 0.3) is 0 Å². The molecule has 14 aromatic rings. The van der Waals surface area contributed by atoms with Crippen molar-refractivity contribution in [2.45, 2.75) is 0 Å². The molecule has 0 fully saturated rings. The average molecular weight is 803 g/mol. The Bertz CT molecular complexity index is 3910. The van der Waals surface area contributed by atoms with Gasteiger partial charge < -0.3 is 13.4 Å². The number of para-hydroxylation sites is 2. The average Bonchev–Trinajstić information content (AvgIpc) is 3.99. The predicted molar refractivity (Wildman–Crippen MR) is 259 cm³/mol. The van der Waals surface area contributed by atoms with Crippen LogP contribution in [0.1, 0.15) is 0 Å². The molecule has 0 aliphatic heterocycles. The van der Waals surface area contributed by atoms with E-state index in [0.717, 1.165) is 55.6 Å². The van der Waals surface area contributed by atoms with Gasteiger partial charge in [0.05, 0.1) is 44.1 Å². The normalized spacial score (nSPS) is 12.1. The SMILES string of the molecule is c1ccc(-c2cc(-c3nc(-c4ccccc4)nc(-c4ccccc4)n3)cc(-n3c4cccc5c4c4c3cccc4n3c4ccccc4c4cc6c7ccccc7n5c6cc43)c2)cc1. The third kappa shape index (κ3) is 4.91.